The lowest BCUT2D eigenvalue weighted by Crippen LogP contribution is -1.82. The SMILES string of the molecule is Clc1ccc(/C=N/c2ccc(Br)cc2)c(Cl)c1. The molecule has 1 nitrogen and oxygen atoms in total. The van der Waals surface area contributed by atoms with E-state index in [9.17, 15) is 0 Å². The molecule has 0 N–H and O–H groups in total. The van der Waals surface area contributed by atoms with Crippen LogP contribution in [-0.2, 0) is 0 Å². The van der Waals surface area contributed by atoms with Gasteiger partial charge in [-0.25, -0.2) is 0 Å². The Labute approximate surface area is 118 Å². The molecule has 86 valence electrons. The average Bonchev–Trinajstić information content (AvgIpc) is 2.30. The minimum Gasteiger partial charge on any atom is -0.256 e. The Bertz CT molecular complexity index is 550. The maximum Gasteiger partial charge on any atom is 0.0630 e. The molecule has 2 aromatic carbocycles. The number of halogens is 3. The molecule has 0 aliphatic rings. The zero-order valence-corrected chi connectivity index (χ0v) is 11.8. The number of hydrogen-bond acceptors (Lipinski definition) is 1. The lowest BCUT2D eigenvalue weighted by Gasteiger charge is -1.98. The van der Waals surface area contributed by atoms with Gasteiger partial charge < -0.3 is 0 Å². The van der Waals surface area contributed by atoms with E-state index in [1.165, 1.54) is 0 Å². The van der Waals surface area contributed by atoms with Gasteiger partial charge in [0.15, 0.2) is 0 Å². The molecular weight excluding hydrogens is 321 g/mol. The summed E-state index contributed by atoms with van der Waals surface area (Å²) < 4.78 is 1.03. The molecule has 4 heteroatoms. The topological polar surface area (TPSA) is 12.4 Å². The highest BCUT2D eigenvalue weighted by Crippen LogP contribution is 2.21. The van der Waals surface area contributed by atoms with Crippen LogP contribution in [0.2, 0.25) is 10.0 Å². The molecule has 0 amide bonds. The van der Waals surface area contributed by atoms with E-state index in [0.29, 0.717) is 10.0 Å². The lowest BCUT2D eigenvalue weighted by atomic mass is 10.2. The van der Waals surface area contributed by atoms with Gasteiger partial charge in [-0.3, -0.25) is 4.99 Å². The predicted octanol–water partition coefficient (Wildman–Crippen LogP) is 5.51. The molecule has 0 atom stereocenters. The van der Waals surface area contributed by atoms with Crippen molar-refractivity contribution in [3.8, 4) is 0 Å². The van der Waals surface area contributed by atoms with Crippen LogP contribution in [0.15, 0.2) is 51.9 Å². The molecular formula is C13H8BrCl2N. The minimum atomic E-state index is 0.596. The first-order chi connectivity index (χ1) is 8.15. The van der Waals surface area contributed by atoms with Crippen LogP contribution >= 0.6 is 39.1 Å². The third-order valence-electron chi connectivity index (χ3n) is 2.14. The summed E-state index contributed by atoms with van der Waals surface area (Å²) in [6.45, 7) is 0. The van der Waals surface area contributed by atoms with Crippen molar-refractivity contribution in [1.82, 2.24) is 0 Å². The third kappa shape index (κ3) is 3.56. The van der Waals surface area contributed by atoms with Crippen molar-refractivity contribution in [2.24, 2.45) is 4.99 Å². The van der Waals surface area contributed by atoms with Crippen LogP contribution in [0.5, 0.6) is 0 Å². The van der Waals surface area contributed by atoms with Crippen molar-refractivity contribution >= 4 is 51.0 Å². The first-order valence-corrected chi connectivity index (χ1v) is 6.45. The first-order valence-electron chi connectivity index (χ1n) is 4.90. The van der Waals surface area contributed by atoms with E-state index in [2.05, 4.69) is 20.9 Å². The number of hydrogen-bond donors (Lipinski definition) is 0. The highest BCUT2D eigenvalue weighted by atomic mass is 79.9. The second-order valence-corrected chi connectivity index (χ2v) is 5.16. The highest BCUT2D eigenvalue weighted by Gasteiger charge is 1.98. The molecule has 0 aromatic heterocycles. The molecule has 0 aliphatic carbocycles. The van der Waals surface area contributed by atoms with Crippen molar-refractivity contribution in [3.63, 3.8) is 0 Å². The van der Waals surface area contributed by atoms with E-state index in [0.717, 1.165) is 15.7 Å². The molecule has 17 heavy (non-hydrogen) atoms. The molecule has 2 aromatic rings. The molecule has 0 spiro atoms. The molecule has 0 fully saturated rings. The van der Waals surface area contributed by atoms with Gasteiger partial charge in [-0.1, -0.05) is 45.2 Å². The summed E-state index contributed by atoms with van der Waals surface area (Å²) in [5.41, 5.74) is 1.72. The fourth-order valence-corrected chi connectivity index (χ4v) is 2.00. The van der Waals surface area contributed by atoms with Crippen LogP contribution < -0.4 is 0 Å². The van der Waals surface area contributed by atoms with Gasteiger partial charge >= 0.3 is 0 Å². The standard InChI is InChI=1S/C13H8BrCl2N/c14-10-2-5-12(6-3-10)17-8-9-1-4-11(15)7-13(9)16/h1-8H/b17-8+. The van der Waals surface area contributed by atoms with Crippen LogP contribution in [-0.4, -0.2) is 6.21 Å². The van der Waals surface area contributed by atoms with Gasteiger partial charge in [0.05, 0.1) is 10.7 Å². The van der Waals surface area contributed by atoms with E-state index >= 15 is 0 Å². The number of nitrogens with zero attached hydrogens (tertiary/aromatic N) is 1. The van der Waals surface area contributed by atoms with Crippen LogP contribution in [0, 0.1) is 0 Å². The van der Waals surface area contributed by atoms with Gasteiger partial charge in [0, 0.05) is 21.3 Å². The zero-order valence-electron chi connectivity index (χ0n) is 8.70. The Hall–Kier alpha value is -0.830. The number of rotatable bonds is 2. The second-order valence-electron chi connectivity index (χ2n) is 3.40. The van der Waals surface area contributed by atoms with Crippen molar-refractivity contribution in [2.45, 2.75) is 0 Å². The van der Waals surface area contributed by atoms with Crippen LogP contribution in [0.3, 0.4) is 0 Å². The first kappa shape index (κ1) is 12.6. The highest BCUT2D eigenvalue weighted by molar-refractivity contribution is 9.10. The maximum atomic E-state index is 6.04. The van der Waals surface area contributed by atoms with Crippen LogP contribution in [0.25, 0.3) is 0 Å². The third-order valence-corrected chi connectivity index (χ3v) is 3.23. The Balaban J connectivity index is 2.23. The van der Waals surface area contributed by atoms with Crippen LogP contribution in [0.4, 0.5) is 5.69 Å². The van der Waals surface area contributed by atoms with Crippen molar-refractivity contribution in [2.75, 3.05) is 0 Å². The Morgan fingerprint density at radius 3 is 2.35 bits per heavy atom. The molecule has 0 unspecified atom stereocenters. The van der Waals surface area contributed by atoms with Gasteiger partial charge in [0.2, 0.25) is 0 Å². The monoisotopic (exact) mass is 327 g/mol. The smallest absolute Gasteiger partial charge is 0.0630 e. The van der Waals surface area contributed by atoms with Crippen molar-refractivity contribution in [3.05, 3.63) is 62.5 Å². The normalized spacial score (nSPS) is 11.0. The minimum absolute atomic E-state index is 0.596. The lowest BCUT2D eigenvalue weighted by molar-refractivity contribution is 1.51. The summed E-state index contributed by atoms with van der Waals surface area (Å²) >= 11 is 15.2. The molecule has 0 radical (unpaired) electrons. The Kier molecular flexibility index (Phi) is 4.21. The molecule has 2 rings (SSSR count). The summed E-state index contributed by atoms with van der Waals surface area (Å²) in [7, 11) is 0. The fourth-order valence-electron chi connectivity index (χ4n) is 1.28. The van der Waals surface area contributed by atoms with Gasteiger partial charge in [-0.2, -0.15) is 0 Å². The van der Waals surface area contributed by atoms with Gasteiger partial charge in [0.25, 0.3) is 0 Å². The van der Waals surface area contributed by atoms with Gasteiger partial charge in [0.1, 0.15) is 0 Å². The quantitative estimate of drug-likeness (QED) is 0.645. The Morgan fingerprint density at radius 2 is 1.71 bits per heavy atom. The van der Waals surface area contributed by atoms with E-state index in [4.69, 9.17) is 23.2 Å². The summed E-state index contributed by atoms with van der Waals surface area (Å²) in [5.74, 6) is 0. The van der Waals surface area contributed by atoms with Crippen molar-refractivity contribution in [1.29, 1.82) is 0 Å². The predicted molar refractivity (Wildman–Crippen MR) is 77.9 cm³/mol. The average molecular weight is 329 g/mol. The molecule has 0 heterocycles. The Morgan fingerprint density at radius 1 is 1.00 bits per heavy atom. The second kappa shape index (κ2) is 5.67. The molecule has 0 saturated heterocycles. The van der Waals surface area contributed by atoms with Crippen LogP contribution in [0.1, 0.15) is 5.56 Å². The maximum absolute atomic E-state index is 6.04. The molecule has 0 aliphatic heterocycles. The fraction of sp³-hybridized carbons (Fsp3) is 0. The van der Waals surface area contributed by atoms with E-state index in [-0.39, 0.29) is 0 Å². The zero-order chi connectivity index (χ0) is 12.3. The van der Waals surface area contributed by atoms with E-state index in [1.54, 1.807) is 18.3 Å². The van der Waals surface area contributed by atoms with Gasteiger partial charge in [-0.15, -0.1) is 0 Å². The summed E-state index contributed by atoms with van der Waals surface area (Å²) in [5, 5.41) is 1.22. The van der Waals surface area contributed by atoms with Crippen molar-refractivity contribution < 1.29 is 0 Å². The van der Waals surface area contributed by atoms with Gasteiger partial charge in [-0.05, 0) is 36.4 Å². The number of benzene rings is 2. The summed E-state index contributed by atoms with van der Waals surface area (Å²) in [6.07, 6.45) is 1.72. The molecule has 0 saturated carbocycles. The summed E-state index contributed by atoms with van der Waals surface area (Å²) in [4.78, 5) is 4.33. The number of aliphatic imine (C=N–C) groups is 1. The largest absolute Gasteiger partial charge is 0.256 e. The molecule has 0 bridgehead atoms. The van der Waals surface area contributed by atoms with E-state index in [1.807, 2.05) is 30.3 Å². The summed E-state index contributed by atoms with van der Waals surface area (Å²) in [6, 6.07) is 13.1. The van der Waals surface area contributed by atoms with E-state index < -0.39 is 0 Å².